The second kappa shape index (κ2) is 6.72. The number of aromatic nitrogens is 2. The van der Waals surface area contributed by atoms with Gasteiger partial charge in [0.15, 0.2) is 0 Å². The summed E-state index contributed by atoms with van der Waals surface area (Å²) in [5.41, 5.74) is 1.81. The van der Waals surface area contributed by atoms with Gasteiger partial charge in [-0.1, -0.05) is 19.9 Å². The number of carbonyl (C=O) groups is 1. The Kier molecular flexibility index (Phi) is 4.96. The summed E-state index contributed by atoms with van der Waals surface area (Å²) in [7, 11) is 2.08. The number of carboxylic acid groups (broad SMARTS) is 1. The van der Waals surface area contributed by atoms with Crippen LogP contribution in [0.4, 0.5) is 0 Å². The molecular weight excluding hydrogens is 266 g/mol. The van der Waals surface area contributed by atoms with Gasteiger partial charge >= 0.3 is 5.97 Å². The second-order valence-electron chi connectivity index (χ2n) is 5.30. The minimum Gasteiger partial charge on any atom is -0.478 e. The van der Waals surface area contributed by atoms with Crippen LogP contribution in [0.25, 0.3) is 11.0 Å². The van der Waals surface area contributed by atoms with Crippen LogP contribution in [0.5, 0.6) is 0 Å². The Bertz CT molecular complexity index is 634. The highest BCUT2D eigenvalue weighted by atomic mass is 16.4. The molecule has 0 bridgehead atoms. The first kappa shape index (κ1) is 15.5. The number of para-hydroxylation sites is 1. The minimum absolute atomic E-state index is 0.285. The largest absolute Gasteiger partial charge is 0.478 e. The zero-order chi connectivity index (χ0) is 15.4. The highest BCUT2D eigenvalue weighted by molar-refractivity contribution is 6.01. The molecule has 0 fully saturated rings. The van der Waals surface area contributed by atoms with E-state index in [0.29, 0.717) is 5.52 Å². The van der Waals surface area contributed by atoms with Crippen LogP contribution in [-0.2, 0) is 13.0 Å². The van der Waals surface area contributed by atoms with Crippen LogP contribution < -0.4 is 0 Å². The number of aryl methyl sites for hydroxylation is 1. The summed E-state index contributed by atoms with van der Waals surface area (Å²) in [6.45, 7) is 6.99. The van der Waals surface area contributed by atoms with Crippen molar-refractivity contribution in [2.24, 2.45) is 0 Å². The maximum Gasteiger partial charge on any atom is 0.337 e. The second-order valence-corrected chi connectivity index (χ2v) is 5.30. The van der Waals surface area contributed by atoms with Gasteiger partial charge in [-0.15, -0.1) is 0 Å². The van der Waals surface area contributed by atoms with Crippen molar-refractivity contribution in [3.8, 4) is 0 Å². The molecule has 0 unspecified atom stereocenters. The Balaban J connectivity index is 2.47. The maximum absolute atomic E-state index is 11.3. The Hall–Kier alpha value is -1.88. The summed E-state index contributed by atoms with van der Waals surface area (Å²) < 4.78 is 2.16. The molecule has 2 aromatic rings. The topological polar surface area (TPSA) is 58.4 Å². The van der Waals surface area contributed by atoms with Gasteiger partial charge in [-0.3, -0.25) is 0 Å². The van der Waals surface area contributed by atoms with Crippen molar-refractivity contribution >= 4 is 17.0 Å². The van der Waals surface area contributed by atoms with Gasteiger partial charge in [0.2, 0.25) is 0 Å². The first-order valence-electron chi connectivity index (χ1n) is 7.48. The van der Waals surface area contributed by atoms with Gasteiger partial charge in [0.25, 0.3) is 0 Å². The zero-order valence-corrected chi connectivity index (χ0v) is 13.0. The Morgan fingerprint density at radius 2 is 2.14 bits per heavy atom. The average Bonchev–Trinajstić information content (AvgIpc) is 2.82. The van der Waals surface area contributed by atoms with E-state index in [0.717, 1.165) is 43.8 Å². The molecule has 1 N–H and O–H groups in total. The predicted octanol–water partition coefficient (Wildman–Crippen LogP) is 2.64. The van der Waals surface area contributed by atoms with Crippen molar-refractivity contribution in [1.29, 1.82) is 0 Å². The number of hydrogen-bond acceptors (Lipinski definition) is 3. The molecule has 2 rings (SSSR count). The van der Waals surface area contributed by atoms with E-state index in [1.54, 1.807) is 12.1 Å². The van der Waals surface area contributed by atoms with Gasteiger partial charge in [0.05, 0.1) is 11.1 Å². The summed E-state index contributed by atoms with van der Waals surface area (Å²) in [4.78, 5) is 18.2. The molecule has 5 nitrogen and oxygen atoms in total. The highest BCUT2D eigenvalue weighted by Gasteiger charge is 2.16. The fraction of sp³-hybridized carbons (Fsp3) is 0.500. The molecule has 0 aliphatic heterocycles. The van der Waals surface area contributed by atoms with Gasteiger partial charge in [-0.2, -0.15) is 0 Å². The molecule has 1 aromatic heterocycles. The monoisotopic (exact) mass is 289 g/mol. The van der Waals surface area contributed by atoms with Gasteiger partial charge in [0.1, 0.15) is 11.3 Å². The molecule has 5 heteroatoms. The molecule has 0 spiro atoms. The quantitative estimate of drug-likeness (QED) is 0.851. The summed E-state index contributed by atoms with van der Waals surface area (Å²) >= 11 is 0. The lowest BCUT2D eigenvalue weighted by Gasteiger charge is -2.16. The van der Waals surface area contributed by atoms with Crippen molar-refractivity contribution in [2.75, 3.05) is 20.1 Å². The van der Waals surface area contributed by atoms with E-state index >= 15 is 0 Å². The smallest absolute Gasteiger partial charge is 0.337 e. The lowest BCUT2D eigenvalue weighted by molar-refractivity contribution is 0.0699. The van der Waals surface area contributed by atoms with Crippen molar-refractivity contribution in [1.82, 2.24) is 14.5 Å². The summed E-state index contributed by atoms with van der Waals surface area (Å²) in [6, 6.07) is 5.37. The van der Waals surface area contributed by atoms with E-state index in [9.17, 15) is 9.90 Å². The van der Waals surface area contributed by atoms with Crippen LogP contribution in [0.1, 0.15) is 36.5 Å². The van der Waals surface area contributed by atoms with E-state index in [2.05, 4.69) is 35.3 Å². The zero-order valence-electron chi connectivity index (χ0n) is 13.0. The number of likely N-dealkylation sites (N-methyl/N-ethyl adjacent to an activating group) is 1. The Labute approximate surface area is 125 Å². The van der Waals surface area contributed by atoms with Gasteiger partial charge in [0, 0.05) is 19.5 Å². The van der Waals surface area contributed by atoms with E-state index in [1.807, 2.05) is 6.07 Å². The molecule has 0 aliphatic carbocycles. The third-order valence-corrected chi connectivity index (χ3v) is 3.81. The Morgan fingerprint density at radius 3 is 2.76 bits per heavy atom. The van der Waals surface area contributed by atoms with Crippen molar-refractivity contribution < 1.29 is 9.90 Å². The van der Waals surface area contributed by atoms with Crippen LogP contribution >= 0.6 is 0 Å². The normalized spacial score (nSPS) is 11.4. The third kappa shape index (κ3) is 3.24. The molecule has 21 heavy (non-hydrogen) atoms. The first-order chi connectivity index (χ1) is 10.1. The lowest BCUT2D eigenvalue weighted by Crippen LogP contribution is -2.23. The molecule has 0 amide bonds. The fourth-order valence-electron chi connectivity index (χ4n) is 2.46. The molecule has 0 aliphatic rings. The van der Waals surface area contributed by atoms with Gasteiger partial charge in [-0.05, 0) is 32.1 Å². The molecule has 0 radical (unpaired) electrons. The number of aromatic carboxylic acids is 1. The van der Waals surface area contributed by atoms with E-state index in [4.69, 9.17) is 0 Å². The van der Waals surface area contributed by atoms with Crippen molar-refractivity contribution in [2.45, 2.75) is 33.2 Å². The van der Waals surface area contributed by atoms with Gasteiger partial charge in [-0.25, -0.2) is 9.78 Å². The minimum atomic E-state index is -0.918. The SMILES string of the molecule is CCCc1nc2c(C(=O)O)cccc2n1CCN(C)CC. The van der Waals surface area contributed by atoms with E-state index in [-0.39, 0.29) is 5.56 Å². The van der Waals surface area contributed by atoms with Crippen LogP contribution in [0.2, 0.25) is 0 Å². The van der Waals surface area contributed by atoms with E-state index in [1.165, 1.54) is 0 Å². The molecular formula is C16H23N3O2. The number of hydrogen-bond donors (Lipinski definition) is 1. The molecule has 0 atom stereocenters. The predicted molar refractivity (Wildman–Crippen MR) is 83.9 cm³/mol. The number of nitrogens with zero attached hydrogens (tertiary/aromatic N) is 3. The highest BCUT2D eigenvalue weighted by Crippen LogP contribution is 2.21. The summed E-state index contributed by atoms with van der Waals surface area (Å²) in [5.74, 6) is 0.0599. The summed E-state index contributed by atoms with van der Waals surface area (Å²) in [5, 5.41) is 9.31. The van der Waals surface area contributed by atoms with Crippen LogP contribution in [-0.4, -0.2) is 45.7 Å². The maximum atomic E-state index is 11.3. The first-order valence-corrected chi connectivity index (χ1v) is 7.48. The summed E-state index contributed by atoms with van der Waals surface area (Å²) in [6.07, 6.45) is 1.86. The number of fused-ring (bicyclic) bond motifs is 1. The molecule has 114 valence electrons. The van der Waals surface area contributed by atoms with Crippen LogP contribution in [0.3, 0.4) is 0 Å². The van der Waals surface area contributed by atoms with Crippen LogP contribution in [0.15, 0.2) is 18.2 Å². The fourth-order valence-corrected chi connectivity index (χ4v) is 2.46. The molecule has 0 saturated carbocycles. The lowest BCUT2D eigenvalue weighted by atomic mass is 10.2. The van der Waals surface area contributed by atoms with Gasteiger partial charge < -0.3 is 14.6 Å². The van der Waals surface area contributed by atoms with Crippen molar-refractivity contribution in [3.63, 3.8) is 0 Å². The number of benzene rings is 1. The standard InChI is InChI=1S/C16H23N3O2/c1-4-7-14-17-15-12(16(20)21)8-6-9-13(15)19(14)11-10-18(3)5-2/h6,8-9H,4-5,7,10-11H2,1-3H3,(H,20,21). The van der Waals surface area contributed by atoms with Crippen molar-refractivity contribution in [3.05, 3.63) is 29.6 Å². The number of carboxylic acids is 1. The average molecular weight is 289 g/mol. The molecule has 0 saturated heterocycles. The third-order valence-electron chi connectivity index (χ3n) is 3.81. The Morgan fingerprint density at radius 1 is 1.38 bits per heavy atom. The molecule has 1 aromatic carbocycles. The number of imidazole rings is 1. The van der Waals surface area contributed by atoms with E-state index < -0.39 is 5.97 Å². The van der Waals surface area contributed by atoms with Crippen LogP contribution in [0, 0.1) is 0 Å². The molecule has 1 heterocycles. The number of rotatable bonds is 7.